The highest BCUT2D eigenvalue weighted by Gasteiger charge is 2.38. The molecule has 0 saturated heterocycles. The highest BCUT2D eigenvalue weighted by molar-refractivity contribution is 6.11. The summed E-state index contributed by atoms with van der Waals surface area (Å²) in [5, 5.41) is 2.25. The van der Waals surface area contributed by atoms with Crippen LogP contribution in [0.5, 0.6) is 0 Å². The van der Waals surface area contributed by atoms with Crippen LogP contribution in [0.3, 0.4) is 0 Å². The van der Waals surface area contributed by atoms with Gasteiger partial charge < -0.3 is 9.32 Å². The number of hydrogen-bond acceptors (Lipinski definition) is 2. The van der Waals surface area contributed by atoms with Crippen molar-refractivity contribution in [3.63, 3.8) is 0 Å². The summed E-state index contributed by atoms with van der Waals surface area (Å²) in [6.45, 7) is 9.45. The van der Waals surface area contributed by atoms with Gasteiger partial charge in [-0.25, -0.2) is 0 Å². The predicted molar refractivity (Wildman–Crippen MR) is 234 cm³/mol. The number of furan rings is 1. The summed E-state index contributed by atoms with van der Waals surface area (Å²) >= 11 is 0. The maximum Gasteiger partial charge on any atom is 0.143 e. The Balaban J connectivity index is 1.19. The van der Waals surface area contributed by atoms with Crippen LogP contribution in [-0.2, 0) is 10.8 Å². The Labute approximate surface area is 328 Å². The van der Waals surface area contributed by atoms with E-state index in [0.29, 0.717) is 0 Å². The van der Waals surface area contributed by atoms with E-state index in [9.17, 15) is 0 Å². The van der Waals surface area contributed by atoms with E-state index >= 15 is 0 Å². The van der Waals surface area contributed by atoms with Crippen molar-refractivity contribution in [2.75, 3.05) is 4.90 Å². The number of fused-ring (bicyclic) bond motifs is 9. The van der Waals surface area contributed by atoms with Gasteiger partial charge in [-0.3, -0.25) is 0 Å². The predicted octanol–water partition coefficient (Wildman–Crippen LogP) is 15.0. The zero-order valence-corrected chi connectivity index (χ0v) is 32.1. The maximum atomic E-state index is 6.69. The summed E-state index contributed by atoms with van der Waals surface area (Å²) in [7, 11) is 0. The fourth-order valence-corrected chi connectivity index (χ4v) is 9.97. The Morgan fingerprint density at radius 2 is 0.875 bits per heavy atom. The van der Waals surface area contributed by atoms with Crippen molar-refractivity contribution in [2.24, 2.45) is 0 Å². The third-order valence-electron chi connectivity index (χ3n) is 12.7. The van der Waals surface area contributed by atoms with Crippen molar-refractivity contribution in [1.82, 2.24) is 0 Å². The number of rotatable bonds is 5. The first kappa shape index (κ1) is 32.8. The molecule has 2 heteroatoms. The molecule has 1 aromatic heterocycles. The lowest BCUT2D eigenvalue weighted by molar-refractivity contribution is 0.660. The number of para-hydroxylation sites is 4. The van der Waals surface area contributed by atoms with E-state index in [1.54, 1.807) is 0 Å². The van der Waals surface area contributed by atoms with Crippen molar-refractivity contribution >= 4 is 39.0 Å². The van der Waals surface area contributed by atoms with Gasteiger partial charge in [0.05, 0.1) is 11.4 Å². The molecule has 0 amide bonds. The summed E-state index contributed by atoms with van der Waals surface area (Å²) in [6, 6.07) is 64.6. The van der Waals surface area contributed by atoms with Crippen LogP contribution in [-0.4, -0.2) is 0 Å². The van der Waals surface area contributed by atoms with Gasteiger partial charge in [0.15, 0.2) is 0 Å². The first-order chi connectivity index (χ1) is 27.3. The van der Waals surface area contributed by atoms with Gasteiger partial charge in [0.1, 0.15) is 11.2 Å². The van der Waals surface area contributed by atoms with E-state index in [2.05, 4.69) is 202 Å². The first-order valence-electron chi connectivity index (χ1n) is 19.7. The molecule has 2 aliphatic carbocycles. The van der Waals surface area contributed by atoms with Crippen molar-refractivity contribution < 1.29 is 4.42 Å². The summed E-state index contributed by atoms with van der Waals surface area (Å²) in [4.78, 5) is 2.50. The average Bonchev–Trinajstić information content (AvgIpc) is 3.81. The van der Waals surface area contributed by atoms with Gasteiger partial charge in [-0.15, -0.1) is 0 Å². The molecule has 0 saturated carbocycles. The minimum atomic E-state index is -0.151. The lowest BCUT2D eigenvalue weighted by atomic mass is 9.82. The van der Waals surface area contributed by atoms with Crippen molar-refractivity contribution in [3.8, 4) is 44.5 Å². The van der Waals surface area contributed by atoms with Crippen molar-refractivity contribution in [3.05, 3.63) is 198 Å². The second-order valence-electron chi connectivity index (χ2n) is 16.4. The number of nitrogens with zero attached hydrogens (tertiary/aromatic N) is 1. The summed E-state index contributed by atoms with van der Waals surface area (Å²) in [5.41, 5.74) is 20.2. The Kier molecular flexibility index (Phi) is 6.98. The second kappa shape index (κ2) is 11.9. The third kappa shape index (κ3) is 4.56. The van der Waals surface area contributed by atoms with Crippen molar-refractivity contribution in [1.29, 1.82) is 0 Å². The number of anilines is 3. The summed E-state index contributed by atoms with van der Waals surface area (Å²) in [5.74, 6) is 0. The molecule has 8 aromatic carbocycles. The van der Waals surface area contributed by atoms with E-state index in [1.165, 1.54) is 55.6 Å². The Morgan fingerprint density at radius 3 is 1.64 bits per heavy atom. The zero-order chi connectivity index (χ0) is 37.8. The van der Waals surface area contributed by atoms with Crippen LogP contribution < -0.4 is 4.90 Å². The Bertz CT molecular complexity index is 3050. The minimum absolute atomic E-state index is 0.102. The van der Waals surface area contributed by atoms with E-state index in [-0.39, 0.29) is 10.8 Å². The van der Waals surface area contributed by atoms with E-state index < -0.39 is 0 Å². The molecule has 56 heavy (non-hydrogen) atoms. The van der Waals surface area contributed by atoms with E-state index in [4.69, 9.17) is 4.42 Å². The van der Waals surface area contributed by atoms with Crippen LogP contribution in [0.25, 0.3) is 66.4 Å². The molecular weight excluding hydrogens is 679 g/mol. The monoisotopic (exact) mass is 719 g/mol. The van der Waals surface area contributed by atoms with Crippen LogP contribution >= 0.6 is 0 Å². The van der Waals surface area contributed by atoms with Gasteiger partial charge in [-0.2, -0.15) is 0 Å². The molecule has 0 bridgehead atoms. The summed E-state index contributed by atoms with van der Waals surface area (Å²) in [6.07, 6.45) is 0. The van der Waals surface area contributed by atoms with Crippen LogP contribution in [0.1, 0.15) is 49.9 Å². The standard InChI is InChI=1S/C54H41NO/c1-53(2)45-26-11-6-21-43(45)51-40(22-16-27-46(51)53)37-18-7-12-28-48(37)55(34-31-32-36-35-17-5-10-25-44(35)54(3,4)47(36)33-34)49-29-13-8-19-38(49)41-23-15-24-42-39-20-9-14-30-50(39)56-52(41)42/h5-33H,1-4H3. The molecule has 0 aliphatic heterocycles. The highest BCUT2D eigenvalue weighted by Crippen LogP contribution is 2.56. The Hall–Kier alpha value is -6.64. The smallest absolute Gasteiger partial charge is 0.143 e. The molecule has 1 heterocycles. The lowest BCUT2D eigenvalue weighted by Gasteiger charge is -2.31. The third-order valence-corrected chi connectivity index (χ3v) is 12.7. The quantitative estimate of drug-likeness (QED) is 0.176. The molecule has 11 rings (SSSR count). The average molecular weight is 720 g/mol. The molecular formula is C54H41NO. The molecule has 0 radical (unpaired) electrons. The molecule has 0 spiro atoms. The molecule has 9 aromatic rings. The fourth-order valence-electron chi connectivity index (χ4n) is 9.97. The normalized spacial score (nSPS) is 14.4. The number of benzene rings is 8. The van der Waals surface area contributed by atoms with Gasteiger partial charge in [0, 0.05) is 44.0 Å². The second-order valence-corrected chi connectivity index (χ2v) is 16.4. The zero-order valence-electron chi connectivity index (χ0n) is 32.1. The maximum absolute atomic E-state index is 6.69. The molecule has 268 valence electrons. The minimum Gasteiger partial charge on any atom is -0.455 e. The molecule has 2 aliphatic rings. The van der Waals surface area contributed by atoms with Gasteiger partial charge in [-0.05, 0) is 80.4 Å². The Morgan fingerprint density at radius 1 is 0.375 bits per heavy atom. The molecule has 0 N–H and O–H groups in total. The number of hydrogen-bond donors (Lipinski definition) is 0. The molecule has 0 unspecified atom stereocenters. The topological polar surface area (TPSA) is 16.4 Å². The van der Waals surface area contributed by atoms with Crippen LogP contribution in [0.15, 0.2) is 180 Å². The van der Waals surface area contributed by atoms with Crippen LogP contribution in [0, 0.1) is 0 Å². The molecule has 2 nitrogen and oxygen atoms in total. The molecule has 0 fully saturated rings. The first-order valence-corrected chi connectivity index (χ1v) is 19.7. The van der Waals surface area contributed by atoms with Gasteiger partial charge in [0.25, 0.3) is 0 Å². The largest absolute Gasteiger partial charge is 0.455 e. The van der Waals surface area contributed by atoms with Crippen molar-refractivity contribution in [2.45, 2.75) is 38.5 Å². The SMILES string of the molecule is CC1(C)c2ccccc2-c2ccc(N(c3ccccc3-c3cccc4c3-c3ccccc3C4(C)C)c3ccccc3-c3cccc4c3oc3ccccc34)cc21. The fraction of sp³-hybridized carbons (Fsp3) is 0.111. The van der Waals surface area contributed by atoms with E-state index in [1.807, 2.05) is 6.07 Å². The van der Waals surface area contributed by atoms with Crippen LogP contribution in [0.2, 0.25) is 0 Å². The van der Waals surface area contributed by atoms with E-state index in [0.717, 1.165) is 50.1 Å². The van der Waals surface area contributed by atoms with Crippen LogP contribution in [0.4, 0.5) is 17.1 Å². The summed E-state index contributed by atoms with van der Waals surface area (Å²) < 4.78 is 6.69. The molecule has 0 atom stereocenters. The lowest BCUT2D eigenvalue weighted by Crippen LogP contribution is -2.17. The van der Waals surface area contributed by atoms with Gasteiger partial charge >= 0.3 is 0 Å². The highest BCUT2D eigenvalue weighted by atomic mass is 16.3. The van der Waals surface area contributed by atoms with Gasteiger partial charge in [-0.1, -0.05) is 173 Å². The van der Waals surface area contributed by atoms with Gasteiger partial charge in [0.2, 0.25) is 0 Å².